The molecule has 1 heterocycles. The van der Waals surface area contributed by atoms with Gasteiger partial charge in [0.2, 0.25) is 0 Å². The minimum atomic E-state index is -0.0409. The van der Waals surface area contributed by atoms with Crippen LogP contribution in [0, 0.1) is 0 Å². The Morgan fingerprint density at radius 2 is 1.78 bits per heavy atom. The minimum Gasteiger partial charge on any atom is -0.507 e. The first-order valence-electron chi connectivity index (χ1n) is 10.2. The number of phenols is 2. The summed E-state index contributed by atoms with van der Waals surface area (Å²) in [7, 11) is 0. The first-order valence-corrected chi connectivity index (χ1v) is 11.0. The van der Waals surface area contributed by atoms with Gasteiger partial charge in [0.05, 0.1) is 10.5 Å². The normalized spacial score (nSPS) is 11.3. The number of aromatic hydroxyl groups is 2. The molecule has 1 aromatic heterocycles. The molecule has 0 atom stereocenters. The molecule has 0 amide bonds. The lowest BCUT2D eigenvalue weighted by molar-refractivity contribution is 0.463. The van der Waals surface area contributed by atoms with Gasteiger partial charge in [-0.15, -0.1) is 0 Å². The maximum atomic E-state index is 11.0. The third-order valence-electron chi connectivity index (χ3n) is 5.13. The largest absolute Gasteiger partial charge is 0.507 e. The van der Waals surface area contributed by atoms with E-state index in [2.05, 4.69) is 15.6 Å². The van der Waals surface area contributed by atoms with Crippen LogP contribution in [0.25, 0.3) is 22.0 Å². The summed E-state index contributed by atoms with van der Waals surface area (Å²) in [5.41, 5.74) is 4.41. The third-order valence-corrected chi connectivity index (χ3v) is 5.69. The molecular weight excluding hydrogens is 445 g/mol. The topological polar surface area (TPSA) is 77.4 Å². The Bertz CT molecular complexity index is 1290. The number of hydrogen-bond donors (Lipinski definition) is 4. The van der Waals surface area contributed by atoms with Crippen molar-refractivity contribution in [1.29, 1.82) is 0 Å². The van der Waals surface area contributed by atoms with Crippen LogP contribution >= 0.6 is 23.2 Å². The number of rotatable bonds is 6. The first-order chi connectivity index (χ1) is 15.3. The highest BCUT2D eigenvalue weighted by Gasteiger charge is 2.15. The quantitative estimate of drug-likeness (QED) is 0.233. The maximum Gasteiger partial charge on any atom is 0.134 e. The standard InChI is InChI=1S/C25H23Cl2N3O2/c1-14(2)29-13-16-9-18(12-20(25(16)32)15-3-6-21(27)24(31)10-15)30-22-7-8-28-23-11-17(26)4-5-19(22)23/h3-12,14,29,31-32H,13H2,1-2H3,(H,28,30). The number of pyridine rings is 1. The molecule has 7 heteroatoms. The number of benzene rings is 3. The van der Waals surface area contributed by atoms with Crippen LogP contribution in [0.4, 0.5) is 11.4 Å². The van der Waals surface area contributed by atoms with Crippen molar-refractivity contribution in [3.8, 4) is 22.6 Å². The van der Waals surface area contributed by atoms with E-state index in [1.165, 1.54) is 0 Å². The molecule has 0 aliphatic carbocycles. The summed E-state index contributed by atoms with van der Waals surface area (Å²) in [5, 5.41) is 29.7. The van der Waals surface area contributed by atoms with Gasteiger partial charge in [-0.2, -0.15) is 0 Å². The molecule has 3 aromatic carbocycles. The predicted molar refractivity (Wildman–Crippen MR) is 132 cm³/mol. The first kappa shape index (κ1) is 22.2. The molecule has 4 N–H and O–H groups in total. The van der Waals surface area contributed by atoms with Gasteiger partial charge >= 0.3 is 0 Å². The molecule has 0 fully saturated rings. The number of nitrogens with zero attached hydrogens (tertiary/aromatic N) is 1. The van der Waals surface area contributed by atoms with Gasteiger partial charge < -0.3 is 20.8 Å². The molecule has 0 bridgehead atoms. The fourth-order valence-corrected chi connectivity index (χ4v) is 3.79. The van der Waals surface area contributed by atoms with Crippen LogP contribution in [0.1, 0.15) is 19.4 Å². The highest BCUT2D eigenvalue weighted by molar-refractivity contribution is 6.32. The average molecular weight is 468 g/mol. The highest BCUT2D eigenvalue weighted by Crippen LogP contribution is 2.39. The molecule has 164 valence electrons. The maximum absolute atomic E-state index is 11.0. The lowest BCUT2D eigenvalue weighted by atomic mass is 9.99. The molecule has 5 nitrogen and oxygen atoms in total. The van der Waals surface area contributed by atoms with Gasteiger partial charge in [-0.05, 0) is 54.1 Å². The fraction of sp³-hybridized carbons (Fsp3) is 0.160. The molecule has 0 spiro atoms. The zero-order valence-corrected chi connectivity index (χ0v) is 19.2. The highest BCUT2D eigenvalue weighted by atomic mass is 35.5. The van der Waals surface area contributed by atoms with E-state index in [4.69, 9.17) is 23.2 Å². The number of hydrogen-bond acceptors (Lipinski definition) is 5. The van der Waals surface area contributed by atoms with Crippen LogP contribution in [-0.4, -0.2) is 21.2 Å². The van der Waals surface area contributed by atoms with Crippen LogP contribution in [0.2, 0.25) is 10.0 Å². The van der Waals surface area contributed by atoms with E-state index in [0.29, 0.717) is 22.7 Å². The van der Waals surface area contributed by atoms with Crippen LogP contribution in [-0.2, 0) is 6.54 Å². The zero-order valence-electron chi connectivity index (χ0n) is 17.7. The van der Waals surface area contributed by atoms with Crippen molar-refractivity contribution in [3.05, 3.63) is 76.4 Å². The van der Waals surface area contributed by atoms with Crippen molar-refractivity contribution in [2.75, 3.05) is 5.32 Å². The van der Waals surface area contributed by atoms with Crippen LogP contribution in [0.5, 0.6) is 11.5 Å². The molecule has 0 saturated carbocycles. The molecule has 4 aromatic rings. The number of fused-ring (bicyclic) bond motifs is 1. The van der Waals surface area contributed by atoms with Crippen LogP contribution in [0.3, 0.4) is 0 Å². The minimum absolute atomic E-state index is 0.0409. The van der Waals surface area contributed by atoms with Crippen molar-refractivity contribution in [2.45, 2.75) is 26.4 Å². The second-order valence-electron chi connectivity index (χ2n) is 7.88. The Morgan fingerprint density at radius 1 is 0.969 bits per heavy atom. The summed E-state index contributed by atoms with van der Waals surface area (Å²) in [4.78, 5) is 4.39. The Hall–Kier alpha value is -2.99. The molecular formula is C25H23Cl2N3O2. The third kappa shape index (κ3) is 4.75. The van der Waals surface area contributed by atoms with Crippen LogP contribution < -0.4 is 10.6 Å². The molecule has 0 aliphatic rings. The molecule has 0 saturated heterocycles. The van der Waals surface area contributed by atoms with Gasteiger partial charge in [-0.3, -0.25) is 4.98 Å². The summed E-state index contributed by atoms with van der Waals surface area (Å²) < 4.78 is 0. The van der Waals surface area contributed by atoms with Crippen molar-refractivity contribution < 1.29 is 10.2 Å². The predicted octanol–water partition coefficient (Wildman–Crippen LogP) is 6.86. The molecule has 0 unspecified atom stereocenters. The monoisotopic (exact) mass is 467 g/mol. The molecule has 0 radical (unpaired) electrons. The van der Waals surface area contributed by atoms with Crippen LogP contribution in [0.15, 0.2) is 60.8 Å². The number of halogens is 2. The van der Waals surface area contributed by atoms with E-state index < -0.39 is 0 Å². The number of aromatic nitrogens is 1. The SMILES string of the molecule is CC(C)NCc1cc(Nc2ccnc3cc(Cl)ccc23)cc(-c2ccc(Cl)c(O)c2)c1O. The van der Waals surface area contributed by atoms with E-state index in [-0.39, 0.29) is 22.6 Å². The van der Waals surface area contributed by atoms with E-state index >= 15 is 0 Å². The van der Waals surface area contributed by atoms with E-state index in [1.807, 2.05) is 50.2 Å². The number of phenolic OH excluding ortho intramolecular Hbond substituents is 2. The van der Waals surface area contributed by atoms with E-state index in [9.17, 15) is 10.2 Å². The van der Waals surface area contributed by atoms with Gasteiger partial charge in [0.1, 0.15) is 11.5 Å². The molecule has 4 rings (SSSR count). The Kier molecular flexibility index (Phi) is 6.42. The Labute approximate surface area is 196 Å². The Balaban J connectivity index is 1.81. The lowest BCUT2D eigenvalue weighted by Gasteiger charge is -2.17. The summed E-state index contributed by atoms with van der Waals surface area (Å²) in [6.45, 7) is 4.58. The van der Waals surface area contributed by atoms with E-state index in [1.54, 1.807) is 24.4 Å². The van der Waals surface area contributed by atoms with Gasteiger partial charge in [0, 0.05) is 51.7 Å². The second-order valence-corrected chi connectivity index (χ2v) is 8.72. The summed E-state index contributed by atoms with van der Waals surface area (Å²) in [5.74, 6) is 0.109. The van der Waals surface area contributed by atoms with Gasteiger partial charge in [0.25, 0.3) is 0 Å². The number of anilines is 2. The zero-order chi connectivity index (χ0) is 22.8. The number of nitrogens with one attached hydrogen (secondary N) is 2. The lowest BCUT2D eigenvalue weighted by Crippen LogP contribution is -2.22. The van der Waals surface area contributed by atoms with Gasteiger partial charge in [-0.25, -0.2) is 0 Å². The molecule has 32 heavy (non-hydrogen) atoms. The fourth-order valence-electron chi connectivity index (χ4n) is 3.50. The van der Waals surface area contributed by atoms with Gasteiger partial charge in [-0.1, -0.05) is 43.1 Å². The Morgan fingerprint density at radius 3 is 2.53 bits per heavy atom. The van der Waals surface area contributed by atoms with Gasteiger partial charge in [0.15, 0.2) is 0 Å². The van der Waals surface area contributed by atoms with Crippen molar-refractivity contribution in [1.82, 2.24) is 10.3 Å². The molecule has 0 aliphatic heterocycles. The van der Waals surface area contributed by atoms with Crippen molar-refractivity contribution in [2.24, 2.45) is 0 Å². The average Bonchev–Trinajstić information content (AvgIpc) is 2.75. The summed E-state index contributed by atoms with van der Waals surface area (Å²) >= 11 is 12.1. The van der Waals surface area contributed by atoms with Crippen molar-refractivity contribution in [3.63, 3.8) is 0 Å². The smallest absolute Gasteiger partial charge is 0.134 e. The van der Waals surface area contributed by atoms with E-state index in [0.717, 1.165) is 27.8 Å². The second kappa shape index (κ2) is 9.25. The summed E-state index contributed by atoms with van der Waals surface area (Å²) in [6, 6.07) is 16.4. The summed E-state index contributed by atoms with van der Waals surface area (Å²) in [6.07, 6.45) is 1.72. The van der Waals surface area contributed by atoms with Crippen molar-refractivity contribution >= 4 is 45.5 Å².